The number of para-hydroxylation sites is 1. The second kappa shape index (κ2) is 6.89. The lowest BCUT2D eigenvalue weighted by molar-refractivity contribution is 0.609. The molecule has 0 aromatic heterocycles. The molecule has 2 aromatic carbocycles. The zero-order valence-corrected chi connectivity index (χ0v) is 13.9. The maximum Gasteiger partial charge on any atom is 0.255 e. The minimum Gasteiger partial charge on any atom is -0.279 e. The lowest BCUT2D eigenvalue weighted by Gasteiger charge is -2.08. The minimum absolute atomic E-state index is 0.330. The Morgan fingerprint density at radius 2 is 1.68 bits per heavy atom. The van der Waals surface area contributed by atoms with E-state index in [0.717, 1.165) is 16.5 Å². The van der Waals surface area contributed by atoms with E-state index in [1.807, 2.05) is 31.2 Å². The predicted molar refractivity (Wildman–Crippen MR) is 91.5 cm³/mol. The van der Waals surface area contributed by atoms with Gasteiger partial charge in [-0.1, -0.05) is 42.0 Å². The van der Waals surface area contributed by atoms with Gasteiger partial charge in [-0.3, -0.25) is 8.93 Å². The van der Waals surface area contributed by atoms with Crippen molar-refractivity contribution in [3.63, 3.8) is 0 Å². The highest BCUT2D eigenvalue weighted by Gasteiger charge is 2.11. The van der Waals surface area contributed by atoms with E-state index in [4.69, 9.17) is 0 Å². The summed E-state index contributed by atoms with van der Waals surface area (Å²) in [5.41, 5.74) is 2.23. The Morgan fingerprint density at radius 3 is 2.32 bits per heavy atom. The van der Waals surface area contributed by atoms with Gasteiger partial charge in [0.2, 0.25) is 0 Å². The molecular weight excluding hydrogens is 318 g/mol. The minimum atomic E-state index is -3.66. The first-order valence-electron chi connectivity index (χ1n) is 6.57. The van der Waals surface area contributed by atoms with Crippen molar-refractivity contribution in [2.24, 2.45) is 0 Å². The van der Waals surface area contributed by atoms with Crippen LogP contribution in [-0.4, -0.2) is 18.9 Å². The SMILES string of the molecule is Cc1ccc(C=CS(=O)(=O)Nc2ccccc2S(C)=O)cc1. The molecule has 0 heterocycles. The van der Waals surface area contributed by atoms with Gasteiger partial charge in [0.15, 0.2) is 0 Å². The number of aryl methyl sites for hydroxylation is 1. The van der Waals surface area contributed by atoms with E-state index in [0.29, 0.717) is 10.6 Å². The van der Waals surface area contributed by atoms with E-state index in [1.54, 1.807) is 24.3 Å². The Kier molecular flexibility index (Phi) is 5.15. The molecule has 0 amide bonds. The van der Waals surface area contributed by atoms with Crippen LogP contribution in [-0.2, 0) is 20.8 Å². The molecule has 0 radical (unpaired) electrons. The van der Waals surface area contributed by atoms with Crippen LogP contribution in [0, 0.1) is 6.92 Å². The summed E-state index contributed by atoms with van der Waals surface area (Å²) in [5, 5.41) is 1.10. The van der Waals surface area contributed by atoms with Crippen LogP contribution in [0.3, 0.4) is 0 Å². The topological polar surface area (TPSA) is 63.2 Å². The van der Waals surface area contributed by atoms with Crippen molar-refractivity contribution < 1.29 is 12.6 Å². The van der Waals surface area contributed by atoms with E-state index >= 15 is 0 Å². The van der Waals surface area contributed by atoms with Crippen molar-refractivity contribution in [2.75, 3.05) is 11.0 Å². The first-order valence-corrected chi connectivity index (χ1v) is 9.68. The Bertz CT molecular complexity index is 810. The summed E-state index contributed by atoms with van der Waals surface area (Å²) in [5.74, 6) is 0. The van der Waals surface area contributed by atoms with Gasteiger partial charge < -0.3 is 0 Å². The van der Waals surface area contributed by atoms with E-state index in [2.05, 4.69) is 4.72 Å². The lowest BCUT2D eigenvalue weighted by atomic mass is 10.2. The first-order chi connectivity index (χ1) is 10.4. The molecule has 1 N–H and O–H groups in total. The van der Waals surface area contributed by atoms with Gasteiger partial charge in [0.05, 0.1) is 26.8 Å². The van der Waals surface area contributed by atoms with Crippen LogP contribution in [0.1, 0.15) is 11.1 Å². The largest absolute Gasteiger partial charge is 0.279 e. The lowest BCUT2D eigenvalue weighted by Crippen LogP contribution is -2.10. The van der Waals surface area contributed by atoms with E-state index in [9.17, 15) is 12.6 Å². The van der Waals surface area contributed by atoms with Crippen LogP contribution in [0.15, 0.2) is 58.8 Å². The fraction of sp³-hybridized carbons (Fsp3) is 0.125. The number of anilines is 1. The normalized spacial score (nSPS) is 13.2. The summed E-state index contributed by atoms with van der Waals surface area (Å²) in [6.07, 6.45) is 3.03. The van der Waals surface area contributed by atoms with Gasteiger partial charge in [0, 0.05) is 6.26 Å². The monoisotopic (exact) mass is 335 g/mol. The van der Waals surface area contributed by atoms with Crippen LogP contribution in [0.25, 0.3) is 6.08 Å². The molecule has 1 unspecified atom stereocenters. The molecule has 0 aliphatic rings. The van der Waals surface area contributed by atoms with Gasteiger partial charge in [-0.15, -0.1) is 0 Å². The summed E-state index contributed by atoms with van der Waals surface area (Å²) in [4.78, 5) is 0.454. The van der Waals surface area contributed by atoms with Crippen molar-refractivity contribution >= 4 is 32.6 Å². The predicted octanol–water partition coefficient (Wildman–Crippen LogP) is 3.15. The molecular formula is C16H17NO3S2. The van der Waals surface area contributed by atoms with Gasteiger partial charge in [0.1, 0.15) is 0 Å². The van der Waals surface area contributed by atoms with Gasteiger partial charge in [-0.05, 0) is 30.7 Å². The Hall–Kier alpha value is -1.92. The zero-order chi connectivity index (χ0) is 16.2. The van der Waals surface area contributed by atoms with Crippen molar-refractivity contribution in [3.05, 3.63) is 65.1 Å². The molecule has 22 heavy (non-hydrogen) atoms. The average molecular weight is 335 g/mol. The third kappa shape index (κ3) is 4.54. The molecule has 2 aromatic rings. The summed E-state index contributed by atoms with van der Waals surface area (Å²) in [6, 6.07) is 14.2. The van der Waals surface area contributed by atoms with Crippen LogP contribution >= 0.6 is 0 Å². The van der Waals surface area contributed by atoms with Crippen LogP contribution in [0.4, 0.5) is 5.69 Å². The Morgan fingerprint density at radius 1 is 1.05 bits per heavy atom. The summed E-state index contributed by atoms with van der Waals surface area (Å²) in [6.45, 7) is 1.97. The summed E-state index contributed by atoms with van der Waals surface area (Å²) in [7, 11) is -4.93. The molecule has 0 fully saturated rings. The number of nitrogens with one attached hydrogen (secondary N) is 1. The maximum atomic E-state index is 12.1. The molecule has 0 bridgehead atoms. The number of sulfonamides is 1. The molecule has 116 valence electrons. The second-order valence-electron chi connectivity index (χ2n) is 4.81. The van der Waals surface area contributed by atoms with E-state index in [1.165, 1.54) is 12.3 Å². The van der Waals surface area contributed by atoms with E-state index < -0.39 is 20.8 Å². The maximum absolute atomic E-state index is 12.1. The smallest absolute Gasteiger partial charge is 0.255 e. The summed E-state index contributed by atoms with van der Waals surface area (Å²) < 4.78 is 38.3. The number of hydrogen-bond acceptors (Lipinski definition) is 3. The average Bonchev–Trinajstić information content (AvgIpc) is 2.46. The zero-order valence-electron chi connectivity index (χ0n) is 12.3. The number of benzene rings is 2. The van der Waals surface area contributed by atoms with Crippen LogP contribution in [0.2, 0.25) is 0 Å². The summed E-state index contributed by atoms with van der Waals surface area (Å²) >= 11 is 0. The Balaban J connectivity index is 2.21. The van der Waals surface area contributed by atoms with Gasteiger partial charge in [-0.25, -0.2) is 8.42 Å². The second-order valence-corrected chi connectivity index (χ2v) is 7.73. The van der Waals surface area contributed by atoms with Crippen molar-refractivity contribution in [1.29, 1.82) is 0 Å². The molecule has 0 spiro atoms. The third-order valence-corrected chi connectivity index (χ3v) is 4.94. The molecule has 4 nitrogen and oxygen atoms in total. The highest BCUT2D eigenvalue weighted by Crippen LogP contribution is 2.20. The van der Waals surface area contributed by atoms with Crippen molar-refractivity contribution in [3.8, 4) is 0 Å². The van der Waals surface area contributed by atoms with Gasteiger partial charge >= 0.3 is 0 Å². The molecule has 0 aliphatic carbocycles. The fourth-order valence-electron chi connectivity index (χ4n) is 1.83. The fourth-order valence-corrected chi connectivity index (χ4v) is 3.49. The van der Waals surface area contributed by atoms with Crippen LogP contribution < -0.4 is 4.72 Å². The third-order valence-electron chi connectivity index (χ3n) is 2.97. The first kappa shape index (κ1) is 16.5. The van der Waals surface area contributed by atoms with E-state index in [-0.39, 0.29) is 0 Å². The standard InChI is InChI=1S/C16H17NO3S2/c1-13-7-9-14(10-8-13)11-12-22(19,20)17-15-5-3-4-6-16(15)21(2)18/h3-12,17H,1-2H3. The highest BCUT2D eigenvalue weighted by molar-refractivity contribution is 7.95. The van der Waals surface area contributed by atoms with Gasteiger partial charge in [-0.2, -0.15) is 0 Å². The van der Waals surface area contributed by atoms with Crippen LogP contribution in [0.5, 0.6) is 0 Å². The molecule has 0 saturated heterocycles. The molecule has 2 rings (SSSR count). The molecule has 6 heteroatoms. The quantitative estimate of drug-likeness (QED) is 0.913. The number of rotatable bonds is 5. The Labute approximate surface area is 133 Å². The molecule has 0 aliphatic heterocycles. The molecule has 1 atom stereocenters. The molecule has 0 saturated carbocycles. The van der Waals surface area contributed by atoms with Crippen molar-refractivity contribution in [2.45, 2.75) is 11.8 Å². The van der Waals surface area contributed by atoms with Gasteiger partial charge in [0.25, 0.3) is 10.0 Å². The van der Waals surface area contributed by atoms with Crippen molar-refractivity contribution in [1.82, 2.24) is 0 Å². The number of hydrogen-bond donors (Lipinski definition) is 1. The highest BCUT2D eigenvalue weighted by atomic mass is 32.2.